The fraction of sp³-hybridized carbons (Fsp3) is 0.306. The lowest BCUT2D eigenvalue weighted by Crippen LogP contribution is -2.49. The predicted molar refractivity (Wildman–Crippen MR) is 170 cm³/mol. The van der Waals surface area contributed by atoms with Gasteiger partial charge in [0.15, 0.2) is 5.78 Å². The monoisotopic (exact) mass is 656 g/mol. The molecule has 0 unspecified atom stereocenters. The second-order valence-electron chi connectivity index (χ2n) is 12.8. The van der Waals surface area contributed by atoms with E-state index in [1.54, 1.807) is 37.3 Å². The molecule has 0 bridgehead atoms. The van der Waals surface area contributed by atoms with E-state index in [9.17, 15) is 33.5 Å². The third kappa shape index (κ3) is 4.37. The third-order valence-electron chi connectivity index (χ3n) is 10.5. The number of Topliss-reactive ketones (excluding diaryl/α,β-unsaturated/α-hetero) is 1. The molecule has 2 aliphatic heterocycles. The average molecular weight is 657 g/mol. The lowest BCUT2D eigenvalue weighted by atomic mass is 9.51. The maximum Gasteiger partial charge on any atom is 0.241 e. The zero-order valence-electron chi connectivity index (χ0n) is 25.7. The number of fused-ring (bicyclic) bond motifs is 4. The number of allylic oxidation sites excluding steroid dienone is 2. The number of phenols is 1. The zero-order chi connectivity index (χ0) is 33.5. The first-order valence-electron chi connectivity index (χ1n) is 15.3. The number of ketones is 1. The molecule has 6 atom stereocenters. The number of aromatic hydroxyl groups is 1. The Balaban J connectivity index is 1.36. The number of hydrogen-bond acceptors (Lipinski definition) is 7. The molecule has 2 saturated heterocycles. The van der Waals surface area contributed by atoms with Crippen molar-refractivity contribution in [2.24, 2.45) is 29.1 Å². The molecule has 4 amide bonds. The molecule has 0 radical (unpaired) electrons. The highest BCUT2D eigenvalue weighted by atomic mass is 35.5. The van der Waals surface area contributed by atoms with E-state index in [1.807, 2.05) is 6.08 Å². The minimum absolute atomic E-state index is 0.0586. The number of hydrogen-bond donors (Lipinski definition) is 1. The molecule has 47 heavy (non-hydrogen) atoms. The maximum absolute atomic E-state index is 14.5. The van der Waals surface area contributed by atoms with Crippen LogP contribution in [0.25, 0.3) is 0 Å². The first-order chi connectivity index (χ1) is 22.4. The van der Waals surface area contributed by atoms with Gasteiger partial charge in [0, 0.05) is 23.1 Å². The first-order valence-corrected chi connectivity index (χ1v) is 15.6. The van der Waals surface area contributed by atoms with Crippen molar-refractivity contribution in [3.63, 3.8) is 0 Å². The smallest absolute Gasteiger partial charge is 0.241 e. The highest BCUT2D eigenvalue weighted by Gasteiger charge is 2.68. The molecular formula is C36H30ClFN2O7. The number of rotatable bonds is 5. The van der Waals surface area contributed by atoms with E-state index < -0.39 is 58.5 Å². The van der Waals surface area contributed by atoms with E-state index in [1.165, 1.54) is 38.3 Å². The molecule has 0 aromatic heterocycles. The van der Waals surface area contributed by atoms with Crippen molar-refractivity contribution in [3.8, 4) is 11.5 Å². The Kier molecular flexibility index (Phi) is 7.13. The molecule has 240 valence electrons. The van der Waals surface area contributed by atoms with Crippen LogP contribution < -0.4 is 14.5 Å². The normalized spacial score (nSPS) is 28.2. The van der Waals surface area contributed by atoms with Crippen LogP contribution in [-0.2, 0) is 19.2 Å². The standard InChI is InChI=1S/C36H30ClFN2O7/c1-17(41)18-4-6-19(7-5-18)39-32(43)24-12-11-22-25(30(24)34(39)45)16-26-33(44)40(20-8-13-28(38)27(37)14-20)35(46)36(26,2)31(22)23-10-9-21(42)15-29(23)47-3/h4-11,13-15,24-26,30-31,42H,12,16H2,1-3H3/t24-,25+,26-,30-,31+,36+/m0/s1. The molecule has 11 heteroatoms. The largest absolute Gasteiger partial charge is 0.508 e. The summed E-state index contributed by atoms with van der Waals surface area (Å²) in [5.74, 6) is -6.18. The second-order valence-corrected chi connectivity index (χ2v) is 13.2. The van der Waals surface area contributed by atoms with E-state index >= 15 is 0 Å². The molecule has 3 aromatic rings. The van der Waals surface area contributed by atoms with Gasteiger partial charge in [-0.15, -0.1) is 0 Å². The van der Waals surface area contributed by atoms with Gasteiger partial charge in [0.05, 0.1) is 46.7 Å². The second kappa shape index (κ2) is 10.9. The quantitative estimate of drug-likeness (QED) is 0.208. The fourth-order valence-corrected chi connectivity index (χ4v) is 8.44. The molecule has 9 nitrogen and oxygen atoms in total. The third-order valence-corrected chi connectivity index (χ3v) is 10.8. The van der Waals surface area contributed by atoms with Crippen LogP contribution in [0.2, 0.25) is 5.02 Å². The van der Waals surface area contributed by atoms with E-state index in [4.69, 9.17) is 16.3 Å². The molecule has 7 rings (SSSR count). The van der Waals surface area contributed by atoms with Gasteiger partial charge in [-0.2, -0.15) is 0 Å². The molecular weight excluding hydrogens is 627 g/mol. The number of imide groups is 2. The summed E-state index contributed by atoms with van der Waals surface area (Å²) in [6.45, 7) is 3.15. The van der Waals surface area contributed by atoms with Crippen molar-refractivity contribution in [2.75, 3.05) is 16.9 Å². The number of ether oxygens (including phenoxy) is 1. The van der Waals surface area contributed by atoms with Crippen LogP contribution in [0.4, 0.5) is 15.8 Å². The van der Waals surface area contributed by atoms with Crippen LogP contribution in [-0.4, -0.2) is 41.6 Å². The Morgan fingerprint density at radius 2 is 1.64 bits per heavy atom. The van der Waals surface area contributed by atoms with Crippen LogP contribution in [0.1, 0.15) is 48.5 Å². The lowest BCUT2D eigenvalue weighted by molar-refractivity contribution is -0.131. The molecule has 2 heterocycles. The van der Waals surface area contributed by atoms with Gasteiger partial charge in [-0.25, -0.2) is 9.29 Å². The van der Waals surface area contributed by atoms with Gasteiger partial charge < -0.3 is 9.84 Å². The maximum atomic E-state index is 14.5. The molecule has 0 spiro atoms. The van der Waals surface area contributed by atoms with Gasteiger partial charge >= 0.3 is 0 Å². The van der Waals surface area contributed by atoms with Gasteiger partial charge in [-0.1, -0.05) is 29.3 Å². The Morgan fingerprint density at radius 3 is 2.30 bits per heavy atom. The Labute approximate surface area is 274 Å². The van der Waals surface area contributed by atoms with Crippen LogP contribution in [0.3, 0.4) is 0 Å². The van der Waals surface area contributed by atoms with Crippen molar-refractivity contribution in [3.05, 3.63) is 94.3 Å². The fourth-order valence-electron chi connectivity index (χ4n) is 8.27. The van der Waals surface area contributed by atoms with E-state index in [2.05, 4.69) is 0 Å². The molecule has 1 saturated carbocycles. The predicted octanol–water partition coefficient (Wildman–Crippen LogP) is 5.83. The van der Waals surface area contributed by atoms with E-state index in [0.717, 1.165) is 21.4 Å². The molecule has 1 N–H and O–H groups in total. The Hall–Kier alpha value is -4.83. The number of carbonyl (C=O) groups excluding carboxylic acids is 5. The van der Waals surface area contributed by atoms with Crippen LogP contribution in [0.5, 0.6) is 11.5 Å². The molecule has 3 fully saturated rings. The topological polar surface area (TPSA) is 121 Å². The lowest BCUT2D eigenvalue weighted by Gasteiger charge is -2.49. The van der Waals surface area contributed by atoms with E-state index in [0.29, 0.717) is 22.6 Å². The Morgan fingerprint density at radius 1 is 0.936 bits per heavy atom. The minimum Gasteiger partial charge on any atom is -0.508 e. The SMILES string of the molecule is COc1cc(O)ccc1[C@H]1C2=CC[C@@H]3C(=O)N(c4ccc(C(C)=O)cc4)C(=O)[C@@H]3[C@@H]2C[C@H]2C(=O)N(c3ccc(F)c(Cl)c3)C(=O)[C@@]12C. The number of anilines is 2. The highest BCUT2D eigenvalue weighted by Crippen LogP contribution is 2.64. The number of amides is 4. The molecule has 4 aliphatic rings. The van der Waals surface area contributed by atoms with Gasteiger partial charge in [0.2, 0.25) is 23.6 Å². The summed E-state index contributed by atoms with van der Waals surface area (Å²) in [4.78, 5) is 71.0. The van der Waals surface area contributed by atoms with E-state index in [-0.39, 0.29) is 41.0 Å². The number of methoxy groups -OCH3 is 1. The summed E-state index contributed by atoms with van der Waals surface area (Å²) in [6.07, 6.45) is 2.26. The van der Waals surface area contributed by atoms with Gasteiger partial charge in [0.1, 0.15) is 17.3 Å². The number of halogens is 2. The van der Waals surface area contributed by atoms with Crippen molar-refractivity contribution in [1.29, 1.82) is 0 Å². The highest BCUT2D eigenvalue weighted by molar-refractivity contribution is 6.32. The Bertz CT molecular complexity index is 1940. The zero-order valence-corrected chi connectivity index (χ0v) is 26.5. The van der Waals surface area contributed by atoms with Crippen molar-refractivity contribution in [1.82, 2.24) is 0 Å². The first kappa shape index (κ1) is 30.8. The number of benzene rings is 3. The van der Waals surface area contributed by atoms with Crippen LogP contribution in [0.15, 0.2) is 72.3 Å². The molecule has 2 aliphatic carbocycles. The number of nitrogens with zero attached hydrogens (tertiary/aromatic N) is 2. The summed E-state index contributed by atoms with van der Waals surface area (Å²) in [5.41, 5.74) is 0.837. The average Bonchev–Trinajstić information content (AvgIpc) is 3.42. The number of phenolic OH excluding ortho intramolecular Hbond substituents is 1. The summed E-state index contributed by atoms with van der Waals surface area (Å²) in [7, 11) is 1.44. The summed E-state index contributed by atoms with van der Waals surface area (Å²) < 4.78 is 19.8. The summed E-state index contributed by atoms with van der Waals surface area (Å²) in [5, 5.41) is 10.0. The van der Waals surface area contributed by atoms with Gasteiger partial charge in [-0.3, -0.25) is 28.9 Å². The van der Waals surface area contributed by atoms with Crippen molar-refractivity contribution >= 4 is 52.4 Å². The molecule has 3 aromatic carbocycles. The summed E-state index contributed by atoms with van der Waals surface area (Å²) >= 11 is 6.07. The number of carbonyl (C=O) groups is 5. The van der Waals surface area contributed by atoms with Crippen molar-refractivity contribution in [2.45, 2.75) is 32.6 Å². The van der Waals surface area contributed by atoms with Crippen LogP contribution in [0, 0.1) is 34.9 Å². The van der Waals surface area contributed by atoms with Gasteiger partial charge in [-0.05, 0) is 81.1 Å². The minimum atomic E-state index is -1.37. The van der Waals surface area contributed by atoms with Gasteiger partial charge in [0.25, 0.3) is 0 Å². The summed E-state index contributed by atoms with van der Waals surface area (Å²) in [6, 6.07) is 14.5. The van der Waals surface area contributed by atoms with Crippen molar-refractivity contribution < 1.29 is 38.2 Å². The van der Waals surface area contributed by atoms with Crippen LogP contribution >= 0.6 is 11.6 Å².